The van der Waals surface area contributed by atoms with Crippen molar-refractivity contribution in [1.29, 1.82) is 0 Å². The average molecular weight is 336 g/mol. The van der Waals surface area contributed by atoms with Gasteiger partial charge in [0.1, 0.15) is 11.6 Å². The van der Waals surface area contributed by atoms with Gasteiger partial charge in [-0.05, 0) is 29.8 Å². The minimum absolute atomic E-state index is 0.205. The fraction of sp³-hybridized carbons (Fsp3) is 0.0714. The first-order valence-corrected chi connectivity index (χ1v) is 5.86. The molecule has 9 heteroatoms. The number of carboxylic acid groups (broad SMARTS) is 1. The summed E-state index contributed by atoms with van der Waals surface area (Å²) in [5.41, 5.74) is -1.81. The highest BCUT2D eigenvalue weighted by atomic mass is 19.4. The third-order valence-electron chi connectivity index (χ3n) is 2.76. The molecule has 2 aromatic rings. The van der Waals surface area contributed by atoms with Gasteiger partial charge in [0.15, 0.2) is 11.6 Å². The lowest BCUT2D eigenvalue weighted by Gasteiger charge is -2.12. The van der Waals surface area contributed by atoms with Gasteiger partial charge in [-0.3, -0.25) is 0 Å². The number of carboxylic acids is 1. The lowest BCUT2D eigenvalue weighted by atomic mass is 9.98. The van der Waals surface area contributed by atoms with Crippen molar-refractivity contribution in [3.05, 3.63) is 53.3 Å². The molecule has 0 atom stereocenters. The van der Waals surface area contributed by atoms with Crippen LogP contribution in [-0.4, -0.2) is 17.4 Å². The van der Waals surface area contributed by atoms with Crippen molar-refractivity contribution in [2.24, 2.45) is 0 Å². The summed E-state index contributed by atoms with van der Waals surface area (Å²) in [6, 6.07) is 2.66. The van der Waals surface area contributed by atoms with Crippen LogP contribution in [0.3, 0.4) is 0 Å². The van der Waals surface area contributed by atoms with Crippen molar-refractivity contribution < 1.29 is 41.0 Å². The molecule has 0 fully saturated rings. The van der Waals surface area contributed by atoms with Crippen molar-refractivity contribution in [2.45, 2.75) is 6.36 Å². The van der Waals surface area contributed by atoms with E-state index in [9.17, 15) is 31.1 Å². The van der Waals surface area contributed by atoms with Crippen LogP contribution in [0, 0.1) is 17.5 Å². The summed E-state index contributed by atoms with van der Waals surface area (Å²) in [5.74, 6) is -6.73. The molecule has 0 radical (unpaired) electrons. The number of hydrogen-bond acceptors (Lipinski definition) is 2. The summed E-state index contributed by atoms with van der Waals surface area (Å²) in [5, 5.41) is 9.04. The van der Waals surface area contributed by atoms with Gasteiger partial charge in [-0.2, -0.15) is 0 Å². The molecule has 2 aromatic carbocycles. The highest BCUT2D eigenvalue weighted by Crippen LogP contribution is 2.32. The molecule has 0 saturated carbocycles. The van der Waals surface area contributed by atoms with Gasteiger partial charge in [0.2, 0.25) is 0 Å². The van der Waals surface area contributed by atoms with Crippen LogP contribution in [0.4, 0.5) is 26.3 Å². The maximum atomic E-state index is 13.7. The zero-order valence-corrected chi connectivity index (χ0v) is 10.9. The van der Waals surface area contributed by atoms with Crippen LogP contribution >= 0.6 is 0 Å². The van der Waals surface area contributed by atoms with Crippen LogP contribution in [-0.2, 0) is 0 Å². The van der Waals surface area contributed by atoms with Crippen LogP contribution in [0.15, 0.2) is 30.3 Å². The highest BCUT2D eigenvalue weighted by molar-refractivity contribution is 5.96. The maximum absolute atomic E-state index is 13.7. The Hall–Kier alpha value is -2.71. The molecule has 0 unspecified atom stereocenters. The number of alkyl halides is 3. The topological polar surface area (TPSA) is 46.5 Å². The summed E-state index contributed by atoms with van der Waals surface area (Å²) in [6.45, 7) is 0. The summed E-state index contributed by atoms with van der Waals surface area (Å²) in [4.78, 5) is 11.1. The molecule has 0 aliphatic carbocycles. The third kappa shape index (κ3) is 3.74. The predicted octanol–water partition coefficient (Wildman–Crippen LogP) is 4.37. The summed E-state index contributed by atoms with van der Waals surface area (Å²) < 4.78 is 79.8. The van der Waals surface area contributed by atoms with Gasteiger partial charge in [0, 0.05) is 11.6 Å². The van der Waals surface area contributed by atoms with Crippen LogP contribution < -0.4 is 4.74 Å². The number of carbonyl (C=O) groups is 1. The van der Waals surface area contributed by atoms with Crippen LogP contribution in [0.25, 0.3) is 11.1 Å². The second-order valence-electron chi connectivity index (χ2n) is 4.31. The molecule has 2 rings (SSSR count). The van der Waals surface area contributed by atoms with Crippen molar-refractivity contribution >= 4 is 5.97 Å². The lowest BCUT2D eigenvalue weighted by Crippen LogP contribution is -2.17. The first-order chi connectivity index (χ1) is 10.6. The molecule has 0 aliphatic rings. The van der Waals surface area contributed by atoms with Crippen LogP contribution in [0.5, 0.6) is 5.75 Å². The first-order valence-electron chi connectivity index (χ1n) is 5.86. The minimum atomic E-state index is -5.05. The zero-order valence-electron chi connectivity index (χ0n) is 10.9. The van der Waals surface area contributed by atoms with E-state index in [1.807, 2.05) is 0 Å². The Morgan fingerprint density at radius 3 is 2.09 bits per heavy atom. The van der Waals surface area contributed by atoms with Gasteiger partial charge < -0.3 is 9.84 Å². The molecule has 0 spiro atoms. The molecular formula is C14H6F6O3. The average Bonchev–Trinajstić information content (AvgIpc) is 2.41. The molecule has 0 aliphatic heterocycles. The van der Waals surface area contributed by atoms with E-state index in [0.717, 1.165) is 12.1 Å². The molecule has 0 amide bonds. The van der Waals surface area contributed by atoms with E-state index in [2.05, 4.69) is 4.74 Å². The van der Waals surface area contributed by atoms with Crippen LogP contribution in [0.2, 0.25) is 0 Å². The van der Waals surface area contributed by atoms with E-state index in [1.165, 1.54) is 0 Å². The molecule has 1 N–H and O–H groups in total. The number of rotatable bonds is 3. The number of aromatic carboxylic acids is 1. The smallest absolute Gasteiger partial charge is 0.478 e. The van der Waals surface area contributed by atoms with Crippen molar-refractivity contribution in [1.82, 2.24) is 0 Å². The fourth-order valence-corrected chi connectivity index (χ4v) is 1.86. The van der Waals surface area contributed by atoms with E-state index in [0.29, 0.717) is 12.1 Å². The molecule has 0 aromatic heterocycles. The van der Waals surface area contributed by atoms with Crippen LogP contribution in [0.1, 0.15) is 10.4 Å². The van der Waals surface area contributed by atoms with Crippen molar-refractivity contribution in [3.8, 4) is 16.9 Å². The van der Waals surface area contributed by atoms with Gasteiger partial charge in [0.05, 0.1) is 5.56 Å². The molecule has 0 heterocycles. The molecule has 23 heavy (non-hydrogen) atoms. The summed E-state index contributed by atoms with van der Waals surface area (Å²) in [6.07, 6.45) is -5.05. The second-order valence-corrected chi connectivity index (χ2v) is 4.31. The third-order valence-corrected chi connectivity index (χ3v) is 2.76. The van der Waals surface area contributed by atoms with E-state index in [4.69, 9.17) is 5.11 Å². The van der Waals surface area contributed by atoms with Gasteiger partial charge in [-0.15, -0.1) is 13.2 Å². The number of halogens is 6. The highest BCUT2D eigenvalue weighted by Gasteiger charge is 2.31. The van der Waals surface area contributed by atoms with Gasteiger partial charge in [-0.25, -0.2) is 18.0 Å². The Kier molecular flexibility index (Phi) is 4.22. The van der Waals surface area contributed by atoms with E-state index in [-0.39, 0.29) is 6.07 Å². The van der Waals surface area contributed by atoms with Gasteiger partial charge >= 0.3 is 12.3 Å². The molecule has 122 valence electrons. The summed E-state index contributed by atoms with van der Waals surface area (Å²) in [7, 11) is 0. The normalized spacial score (nSPS) is 11.4. The Balaban J connectivity index is 2.59. The van der Waals surface area contributed by atoms with Gasteiger partial charge in [0.25, 0.3) is 0 Å². The Bertz CT molecular complexity index is 770. The Labute approximate surface area is 124 Å². The summed E-state index contributed by atoms with van der Waals surface area (Å²) >= 11 is 0. The van der Waals surface area contributed by atoms with Crippen molar-refractivity contribution in [3.63, 3.8) is 0 Å². The quantitative estimate of drug-likeness (QED) is 0.669. The number of hydrogen-bond donors (Lipinski definition) is 1. The molecule has 3 nitrogen and oxygen atoms in total. The molecule has 0 saturated heterocycles. The minimum Gasteiger partial charge on any atom is -0.478 e. The zero-order chi connectivity index (χ0) is 17.4. The lowest BCUT2D eigenvalue weighted by molar-refractivity contribution is -0.274. The Morgan fingerprint density at radius 1 is 0.913 bits per heavy atom. The molecule has 0 bridgehead atoms. The number of ether oxygens (including phenoxy) is 1. The Morgan fingerprint density at radius 2 is 1.52 bits per heavy atom. The fourth-order valence-electron chi connectivity index (χ4n) is 1.86. The van der Waals surface area contributed by atoms with E-state index < -0.39 is 52.2 Å². The van der Waals surface area contributed by atoms with E-state index >= 15 is 0 Å². The second kappa shape index (κ2) is 5.82. The maximum Gasteiger partial charge on any atom is 0.573 e. The largest absolute Gasteiger partial charge is 0.573 e. The van der Waals surface area contributed by atoms with E-state index in [1.54, 1.807) is 0 Å². The molecular weight excluding hydrogens is 330 g/mol. The van der Waals surface area contributed by atoms with Crippen molar-refractivity contribution in [2.75, 3.05) is 0 Å². The predicted molar refractivity (Wildman–Crippen MR) is 65.4 cm³/mol. The standard InChI is InChI=1S/C14H6F6O3/c15-10-5-12(17)11(16)4-8(10)7-2-1-6(23-14(18,19)20)3-9(7)13(21)22/h1-5H,(H,21,22). The SMILES string of the molecule is O=C(O)c1cc(OC(F)(F)F)ccc1-c1cc(F)c(F)cc1F. The monoisotopic (exact) mass is 336 g/mol. The number of benzene rings is 2. The van der Waals surface area contributed by atoms with Gasteiger partial charge in [-0.1, -0.05) is 0 Å². The first kappa shape index (κ1) is 16.7.